The average Bonchev–Trinajstić information content (AvgIpc) is 2.89. The Morgan fingerprint density at radius 3 is 3.10 bits per heavy atom. The van der Waals surface area contributed by atoms with E-state index < -0.39 is 0 Å². The topological polar surface area (TPSA) is 64.4 Å². The Labute approximate surface area is 116 Å². The molecule has 5 nitrogen and oxygen atoms in total. The van der Waals surface area contributed by atoms with Crippen molar-refractivity contribution >= 4 is 5.97 Å². The molecule has 0 bridgehead atoms. The van der Waals surface area contributed by atoms with Gasteiger partial charge in [0.2, 0.25) is 0 Å². The molecule has 104 valence electrons. The second-order valence-corrected chi connectivity index (χ2v) is 4.99. The summed E-state index contributed by atoms with van der Waals surface area (Å²) in [5.41, 5.74) is 1.91. The van der Waals surface area contributed by atoms with Gasteiger partial charge in [-0.3, -0.25) is 4.79 Å². The number of imidazole rings is 1. The van der Waals surface area contributed by atoms with E-state index in [1.54, 1.807) is 24.4 Å². The Morgan fingerprint density at radius 2 is 2.35 bits per heavy atom. The first-order chi connectivity index (χ1) is 9.69. The minimum atomic E-state index is -0.156. The molecule has 0 saturated carbocycles. The summed E-state index contributed by atoms with van der Waals surface area (Å²) >= 11 is 0. The Balaban J connectivity index is 1.92. The molecule has 0 amide bonds. The fourth-order valence-electron chi connectivity index (χ4n) is 2.71. The highest BCUT2D eigenvalue weighted by molar-refractivity contribution is 5.73. The number of rotatable bonds is 2. The number of carbonyl (C=O) groups excluding carboxylic acids is 1. The molecule has 1 aliphatic heterocycles. The molecule has 1 aromatic carbocycles. The summed E-state index contributed by atoms with van der Waals surface area (Å²) in [6, 6.07) is 7.05. The number of carbonyl (C=O) groups is 1. The van der Waals surface area contributed by atoms with E-state index in [2.05, 4.69) is 9.55 Å². The number of aromatic nitrogens is 2. The molecule has 3 rings (SSSR count). The molecule has 2 aromatic rings. The predicted molar refractivity (Wildman–Crippen MR) is 73.2 cm³/mol. The van der Waals surface area contributed by atoms with Crippen LogP contribution in [0.2, 0.25) is 0 Å². The van der Waals surface area contributed by atoms with Gasteiger partial charge in [0.1, 0.15) is 11.6 Å². The van der Waals surface area contributed by atoms with Crippen molar-refractivity contribution in [3.63, 3.8) is 0 Å². The number of phenolic OH excluding ortho intramolecular Hbond substituents is 1. The number of esters is 1. The molecule has 1 N–H and O–H groups in total. The molecule has 20 heavy (non-hydrogen) atoms. The summed E-state index contributed by atoms with van der Waals surface area (Å²) in [6.45, 7) is 0.736. The Bertz CT molecular complexity index is 648. The van der Waals surface area contributed by atoms with Crippen molar-refractivity contribution in [2.24, 2.45) is 5.92 Å². The van der Waals surface area contributed by atoms with Crippen LogP contribution in [0, 0.1) is 5.92 Å². The zero-order chi connectivity index (χ0) is 14.1. The number of phenols is 1. The summed E-state index contributed by atoms with van der Waals surface area (Å²) in [5.74, 6) is 0.819. The molecule has 0 radical (unpaired) electrons. The van der Waals surface area contributed by atoms with Crippen LogP contribution in [0.1, 0.15) is 12.1 Å². The molecule has 0 aliphatic carbocycles. The van der Waals surface area contributed by atoms with Crippen LogP contribution in [0.15, 0.2) is 30.5 Å². The van der Waals surface area contributed by atoms with E-state index in [4.69, 9.17) is 4.74 Å². The highest BCUT2D eigenvalue weighted by atomic mass is 16.5. The van der Waals surface area contributed by atoms with Crippen molar-refractivity contribution in [2.75, 3.05) is 7.11 Å². The fourth-order valence-corrected chi connectivity index (χ4v) is 2.71. The van der Waals surface area contributed by atoms with Crippen LogP contribution in [0.3, 0.4) is 0 Å². The Kier molecular flexibility index (Phi) is 3.18. The fraction of sp³-hybridized carbons (Fsp3) is 0.333. The van der Waals surface area contributed by atoms with E-state index in [9.17, 15) is 9.90 Å². The van der Waals surface area contributed by atoms with Crippen LogP contribution < -0.4 is 0 Å². The first-order valence-electron chi connectivity index (χ1n) is 6.60. The van der Waals surface area contributed by atoms with Gasteiger partial charge in [0.25, 0.3) is 0 Å². The number of nitrogens with zero attached hydrogens (tertiary/aromatic N) is 2. The van der Waals surface area contributed by atoms with E-state index in [0.29, 0.717) is 6.42 Å². The maximum absolute atomic E-state index is 11.6. The number of benzene rings is 1. The van der Waals surface area contributed by atoms with Crippen molar-refractivity contribution in [1.82, 2.24) is 9.55 Å². The van der Waals surface area contributed by atoms with Gasteiger partial charge in [0.15, 0.2) is 0 Å². The van der Waals surface area contributed by atoms with Gasteiger partial charge >= 0.3 is 5.97 Å². The summed E-state index contributed by atoms with van der Waals surface area (Å²) in [7, 11) is 1.42. The summed E-state index contributed by atoms with van der Waals surface area (Å²) in [5, 5.41) is 9.56. The second-order valence-electron chi connectivity index (χ2n) is 4.99. The van der Waals surface area contributed by atoms with E-state index in [0.717, 1.165) is 30.0 Å². The van der Waals surface area contributed by atoms with Crippen LogP contribution in [0.5, 0.6) is 5.75 Å². The third kappa shape index (κ3) is 2.15. The van der Waals surface area contributed by atoms with Gasteiger partial charge in [-0.1, -0.05) is 12.1 Å². The second kappa shape index (κ2) is 5.00. The number of hydrogen-bond acceptors (Lipinski definition) is 4. The van der Waals surface area contributed by atoms with Gasteiger partial charge in [0, 0.05) is 30.4 Å². The highest BCUT2D eigenvalue weighted by Gasteiger charge is 2.27. The van der Waals surface area contributed by atoms with Gasteiger partial charge in [-0.15, -0.1) is 0 Å². The molecule has 1 aliphatic rings. The van der Waals surface area contributed by atoms with Gasteiger partial charge in [0.05, 0.1) is 13.0 Å². The van der Waals surface area contributed by atoms with Crippen LogP contribution in [0.4, 0.5) is 0 Å². The van der Waals surface area contributed by atoms with Crippen LogP contribution in [-0.2, 0) is 22.5 Å². The number of aromatic hydroxyl groups is 1. The van der Waals surface area contributed by atoms with Gasteiger partial charge in [-0.25, -0.2) is 4.98 Å². The summed E-state index contributed by atoms with van der Waals surface area (Å²) in [6.07, 6.45) is 3.20. The quantitative estimate of drug-likeness (QED) is 0.849. The van der Waals surface area contributed by atoms with E-state index in [1.165, 1.54) is 7.11 Å². The number of ether oxygens (including phenoxy) is 1. The lowest BCUT2D eigenvalue weighted by Crippen LogP contribution is -2.26. The molecule has 0 saturated heterocycles. The number of methoxy groups -OCH3 is 1. The van der Waals surface area contributed by atoms with Crippen molar-refractivity contribution in [3.8, 4) is 17.1 Å². The van der Waals surface area contributed by atoms with Gasteiger partial charge in [-0.2, -0.15) is 0 Å². The standard InChI is InChI=1S/C15H16N2O3/c1-20-15(19)11-5-6-17-12(7-11)9-16-14(17)10-3-2-4-13(18)8-10/h2-4,8-9,11,18H,5-7H2,1H3. The molecule has 0 spiro atoms. The van der Waals surface area contributed by atoms with Crippen molar-refractivity contribution in [3.05, 3.63) is 36.2 Å². The molecule has 5 heteroatoms. The van der Waals surface area contributed by atoms with Crippen molar-refractivity contribution in [1.29, 1.82) is 0 Å². The van der Waals surface area contributed by atoms with Crippen LogP contribution >= 0.6 is 0 Å². The smallest absolute Gasteiger partial charge is 0.309 e. The normalized spacial score (nSPS) is 17.6. The Morgan fingerprint density at radius 1 is 1.50 bits per heavy atom. The predicted octanol–water partition coefficient (Wildman–Crippen LogP) is 1.99. The zero-order valence-corrected chi connectivity index (χ0v) is 11.2. The molecule has 0 fully saturated rings. The van der Waals surface area contributed by atoms with Gasteiger partial charge in [-0.05, 0) is 18.6 Å². The maximum atomic E-state index is 11.6. The molecule has 2 heterocycles. The van der Waals surface area contributed by atoms with Crippen molar-refractivity contribution in [2.45, 2.75) is 19.4 Å². The molecule has 1 atom stereocenters. The number of fused-ring (bicyclic) bond motifs is 1. The first kappa shape index (κ1) is 12.7. The molecular weight excluding hydrogens is 256 g/mol. The van der Waals surface area contributed by atoms with Gasteiger partial charge < -0.3 is 14.4 Å². The minimum Gasteiger partial charge on any atom is -0.508 e. The monoisotopic (exact) mass is 272 g/mol. The summed E-state index contributed by atoms with van der Waals surface area (Å²) < 4.78 is 6.92. The first-order valence-corrected chi connectivity index (χ1v) is 6.60. The minimum absolute atomic E-state index is 0.0822. The van der Waals surface area contributed by atoms with E-state index in [1.807, 2.05) is 6.07 Å². The van der Waals surface area contributed by atoms with Crippen LogP contribution in [0.25, 0.3) is 11.4 Å². The lowest BCUT2D eigenvalue weighted by Gasteiger charge is -2.23. The van der Waals surface area contributed by atoms with E-state index in [-0.39, 0.29) is 17.6 Å². The third-order valence-corrected chi connectivity index (χ3v) is 3.73. The number of hydrogen-bond donors (Lipinski definition) is 1. The Hall–Kier alpha value is -2.30. The molecular formula is C15H16N2O3. The maximum Gasteiger partial charge on any atom is 0.309 e. The molecule has 1 unspecified atom stereocenters. The SMILES string of the molecule is COC(=O)C1CCn2c(cnc2-c2cccc(O)c2)C1. The lowest BCUT2D eigenvalue weighted by atomic mass is 9.96. The van der Waals surface area contributed by atoms with Crippen LogP contribution in [-0.4, -0.2) is 27.7 Å². The third-order valence-electron chi connectivity index (χ3n) is 3.73. The van der Waals surface area contributed by atoms with E-state index >= 15 is 0 Å². The zero-order valence-electron chi connectivity index (χ0n) is 11.2. The lowest BCUT2D eigenvalue weighted by molar-refractivity contribution is -0.146. The largest absolute Gasteiger partial charge is 0.508 e. The van der Waals surface area contributed by atoms with Crippen molar-refractivity contribution < 1.29 is 14.6 Å². The summed E-state index contributed by atoms with van der Waals surface area (Å²) in [4.78, 5) is 16.0. The molecule has 1 aromatic heterocycles. The highest BCUT2D eigenvalue weighted by Crippen LogP contribution is 2.29. The average molecular weight is 272 g/mol.